The lowest BCUT2D eigenvalue weighted by molar-refractivity contribution is -0.124. The highest BCUT2D eigenvalue weighted by molar-refractivity contribution is 5.79. The maximum atomic E-state index is 12.1. The molecule has 0 spiro atoms. The highest BCUT2D eigenvalue weighted by atomic mass is 16.3. The first-order valence-corrected chi connectivity index (χ1v) is 7.15. The average molecular weight is 266 g/mol. The Morgan fingerprint density at radius 3 is 2.63 bits per heavy atom. The minimum absolute atomic E-state index is 0.0470. The number of aliphatic hydroxyl groups excluding tert-OH is 1. The molecule has 1 rings (SSSR count). The van der Waals surface area contributed by atoms with Crippen LogP contribution in [0, 0.1) is 18.3 Å². The summed E-state index contributed by atoms with van der Waals surface area (Å²) < 4.78 is 0. The van der Waals surface area contributed by atoms with Gasteiger partial charge in [-0.15, -0.1) is 6.42 Å². The molecule has 108 valence electrons. The number of carbonyl (C=O) groups is 1. The number of likely N-dealkylation sites (tertiary alicyclic amines) is 1. The normalized spacial score (nSPS) is 24.2. The molecule has 0 aromatic heterocycles. The number of nitrogens with zero attached hydrogens (tertiary/aromatic N) is 1. The highest BCUT2D eigenvalue weighted by Crippen LogP contribution is 2.23. The Morgan fingerprint density at radius 1 is 1.53 bits per heavy atom. The molecule has 4 nitrogen and oxygen atoms in total. The summed E-state index contributed by atoms with van der Waals surface area (Å²) in [5, 5.41) is 12.4. The van der Waals surface area contributed by atoms with Gasteiger partial charge in [0.2, 0.25) is 5.91 Å². The molecular formula is C15H26N2O2. The second-order valence-electron chi connectivity index (χ2n) is 5.47. The summed E-state index contributed by atoms with van der Waals surface area (Å²) in [7, 11) is 0. The van der Waals surface area contributed by atoms with E-state index < -0.39 is 5.54 Å². The Hall–Kier alpha value is -1.05. The van der Waals surface area contributed by atoms with Crippen molar-refractivity contribution in [3.63, 3.8) is 0 Å². The van der Waals surface area contributed by atoms with Gasteiger partial charge in [0, 0.05) is 6.04 Å². The van der Waals surface area contributed by atoms with Crippen LogP contribution in [-0.4, -0.2) is 47.2 Å². The van der Waals surface area contributed by atoms with Crippen LogP contribution in [0.2, 0.25) is 0 Å². The number of hydrogen-bond donors (Lipinski definition) is 2. The van der Waals surface area contributed by atoms with Crippen LogP contribution in [0.5, 0.6) is 0 Å². The lowest BCUT2D eigenvalue weighted by Gasteiger charge is -2.30. The Bertz CT molecular complexity index is 345. The molecule has 0 radical (unpaired) electrons. The molecule has 1 aliphatic heterocycles. The van der Waals surface area contributed by atoms with Gasteiger partial charge in [0.25, 0.3) is 0 Å². The molecule has 2 atom stereocenters. The number of carbonyl (C=O) groups excluding carboxylic acids is 1. The van der Waals surface area contributed by atoms with Gasteiger partial charge in [0.1, 0.15) is 5.54 Å². The summed E-state index contributed by atoms with van der Waals surface area (Å²) in [6, 6.07) is 0.0919. The molecule has 0 aromatic rings. The van der Waals surface area contributed by atoms with Crippen molar-refractivity contribution in [2.75, 3.05) is 19.7 Å². The van der Waals surface area contributed by atoms with Gasteiger partial charge in [0.05, 0.1) is 13.2 Å². The number of aliphatic hydroxyl groups is 1. The van der Waals surface area contributed by atoms with Gasteiger partial charge in [-0.1, -0.05) is 26.7 Å². The van der Waals surface area contributed by atoms with E-state index in [1.54, 1.807) is 0 Å². The molecular weight excluding hydrogens is 240 g/mol. The quantitative estimate of drug-likeness (QED) is 0.705. The first-order valence-electron chi connectivity index (χ1n) is 7.15. The van der Waals surface area contributed by atoms with Gasteiger partial charge >= 0.3 is 0 Å². The minimum atomic E-state index is -0.531. The second-order valence-corrected chi connectivity index (χ2v) is 5.47. The molecule has 1 amide bonds. The molecule has 1 heterocycles. The summed E-state index contributed by atoms with van der Waals surface area (Å²) in [6.07, 6.45) is 8.03. The number of hydrogen-bond acceptors (Lipinski definition) is 3. The van der Waals surface area contributed by atoms with Crippen molar-refractivity contribution in [3.8, 4) is 12.3 Å². The van der Waals surface area contributed by atoms with Crippen molar-refractivity contribution in [1.29, 1.82) is 0 Å². The fourth-order valence-electron chi connectivity index (χ4n) is 2.74. The number of rotatable bonds is 6. The van der Waals surface area contributed by atoms with E-state index in [4.69, 9.17) is 6.42 Å². The van der Waals surface area contributed by atoms with E-state index in [0.29, 0.717) is 12.5 Å². The summed E-state index contributed by atoms with van der Waals surface area (Å²) in [6.45, 7) is 7.37. The van der Waals surface area contributed by atoms with Crippen LogP contribution in [0.25, 0.3) is 0 Å². The van der Waals surface area contributed by atoms with Crippen molar-refractivity contribution in [2.45, 2.75) is 51.6 Å². The van der Waals surface area contributed by atoms with E-state index in [0.717, 1.165) is 25.8 Å². The first-order chi connectivity index (χ1) is 9.01. The molecule has 1 fully saturated rings. The Morgan fingerprint density at radius 2 is 2.16 bits per heavy atom. The SMILES string of the molecule is C#CC(CC)(CC)NC(=O)CN1CCC(C)C1CO. The van der Waals surface area contributed by atoms with Crippen LogP contribution in [0.3, 0.4) is 0 Å². The molecule has 1 saturated heterocycles. The Kier molecular flexibility index (Phi) is 5.84. The van der Waals surface area contributed by atoms with Crippen molar-refractivity contribution >= 4 is 5.91 Å². The zero-order valence-electron chi connectivity index (χ0n) is 12.3. The van der Waals surface area contributed by atoms with Crippen LogP contribution in [0.15, 0.2) is 0 Å². The smallest absolute Gasteiger partial charge is 0.235 e. The van der Waals surface area contributed by atoms with Gasteiger partial charge < -0.3 is 10.4 Å². The maximum absolute atomic E-state index is 12.1. The van der Waals surface area contributed by atoms with Crippen LogP contribution >= 0.6 is 0 Å². The monoisotopic (exact) mass is 266 g/mol. The number of nitrogens with one attached hydrogen (secondary N) is 1. The van der Waals surface area contributed by atoms with Gasteiger partial charge in [-0.05, 0) is 31.7 Å². The number of terminal acetylenes is 1. The molecule has 1 aliphatic rings. The maximum Gasteiger partial charge on any atom is 0.235 e. The number of amides is 1. The lowest BCUT2D eigenvalue weighted by Crippen LogP contribution is -2.51. The third-order valence-corrected chi connectivity index (χ3v) is 4.39. The van der Waals surface area contributed by atoms with E-state index in [9.17, 15) is 9.90 Å². The molecule has 0 aliphatic carbocycles. The zero-order chi connectivity index (χ0) is 14.5. The summed E-state index contributed by atoms with van der Waals surface area (Å²) in [4.78, 5) is 14.2. The molecule has 19 heavy (non-hydrogen) atoms. The molecule has 0 bridgehead atoms. The predicted molar refractivity (Wildman–Crippen MR) is 76.5 cm³/mol. The largest absolute Gasteiger partial charge is 0.395 e. The Labute approximate surface area is 116 Å². The van der Waals surface area contributed by atoms with Crippen LogP contribution in [0.4, 0.5) is 0 Å². The van der Waals surface area contributed by atoms with Crippen LogP contribution < -0.4 is 5.32 Å². The summed E-state index contributed by atoms with van der Waals surface area (Å²) >= 11 is 0. The third kappa shape index (κ3) is 3.71. The molecule has 0 saturated carbocycles. The fourth-order valence-corrected chi connectivity index (χ4v) is 2.74. The van der Waals surface area contributed by atoms with Crippen molar-refractivity contribution in [2.24, 2.45) is 5.92 Å². The van der Waals surface area contributed by atoms with Gasteiger partial charge in [-0.2, -0.15) is 0 Å². The van der Waals surface area contributed by atoms with Crippen molar-refractivity contribution < 1.29 is 9.90 Å². The zero-order valence-corrected chi connectivity index (χ0v) is 12.3. The standard InChI is InChI=1S/C15H26N2O2/c1-5-15(6-2,7-3)16-14(19)10-17-9-8-12(4)13(17)11-18/h1,12-13,18H,6-11H2,2-4H3,(H,16,19). The van der Waals surface area contributed by atoms with E-state index in [2.05, 4.69) is 18.2 Å². The van der Waals surface area contributed by atoms with Crippen LogP contribution in [0.1, 0.15) is 40.0 Å². The summed E-state index contributed by atoms with van der Waals surface area (Å²) in [5.41, 5.74) is -0.531. The minimum Gasteiger partial charge on any atom is -0.395 e. The Balaban J connectivity index is 2.59. The topological polar surface area (TPSA) is 52.6 Å². The molecule has 4 heteroatoms. The van der Waals surface area contributed by atoms with Crippen LogP contribution in [-0.2, 0) is 4.79 Å². The van der Waals surface area contributed by atoms with E-state index >= 15 is 0 Å². The average Bonchev–Trinajstić information content (AvgIpc) is 2.76. The first kappa shape index (κ1) is 16.0. The second kappa shape index (κ2) is 6.93. The third-order valence-electron chi connectivity index (χ3n) is 4.39. The van der Waals surface area contributed by atoms with Crippen molar-refractivity contribution in [1.82, 2.24) is 10.2 Å². The highest BCUT2D eigenvalue weighted by Gasteiger charge is 2.33. The fraction of sp³-hybridized carbons (Fsp3) is 0.800. The van der Waals surface area contributed by atoms with Gasteiger partial charge in [-0.25, -0.2) is 0 Å². The van der Waals surface area contributed by atoms with E-state index in [-0.39, 0.29) is 18.6 Å². The molecule has 2 unspecified atom stereocenters. The van der Waals surface area contributed by atoms with Crippen molar-refractivity contribution in [3.05, 3.63) is 0 Å². The van der Waals surface area contributed by atoms with Gasteiger partial charge in [-0.3, -0.25) is 9.69 Å². The van der Waals surface area contributed by atoms with E-state index in [1.165, 1.54) is 0 Å². The lowest BCUT2D eigenvalue weighted by atomic mass is 9.94. The van der Waals surface area contributed by atoms with Gasteiger partial charge in [0.15, 0.2) is 0 Å². The predicted octanol–water partition coefficient (Wildman–Crippen LogP) is 0.997. The molecule has 0 aromatic carbocycles. The van der Waals surface area contributed by atoms with E-state index in [1.807, 2.05) is 18.7 Å². The molecule has 2 N–H and O–H groups in total. The summed E-state index contributed by atoms with van der Waals surface area (Å²) in [5.74, 6) is 3.10.